The minimum atomic E-state index is -0.507. The van der Waals surface area contributed by atoms with E-state index >= 15 is 0 Å². The number of amides is 1. The Morgan fingerprint density at radius 3 is 2.55 bits per heavy atom. The number of carbonyl (C=O) groups excluding carboxylic acids is 2. The van der Waals surface area contributed by atoms with Crippen molar-refractivity contribution in [3.05, 3.63) is 54.1 Å². The molecule has 2 N–H and O–H groups in total. The molecule has 0 fully saturated rings. The van der Waals surface area contributed by atoms with Gasteiger partial charge in [0, 0.05) is 5.69 Å². The Morgan fingerprint density at radius 1 is 1.07 bits per heavy atom. The highest BCUT2D eigenvalue weighted by molar-refractivity contribution is 8.01. The smallest absolute Gasteiger partial charge is 0.339 e. The zero-order valence-corrected chi connectivity index (χ0v) is 17.3. The molecule has 0 unspecified atom stereocenters. The summed E-state index contributed by atoms with van der Waals surface area (Å²) >= 11 is 2.60. The molecule has 1 heterocycles. The Kier molecular flexibility index (Phi) is 7.04. The van der Waals surface area contributed by atoms with Crippen LogP contribution in [0.25, 0.3) is 0 Å². The van der Waals surface area contributed by atoms with Gasteiger partial charge < -0.3 is 20.1 Å². The van der Waals surface area contributed by atoms with E-state index in [2.05, 4.69) is 20.8 Å². The van der Waals surface area contributed by atoms with Gasteiger partial charge in [-0.05, 0) is 36.4 Å². The molecule has 0 spiro atoms. The van der Waals surface area contributed by atoms with Crippen molar-refractivity contribution < 1.29 is 19.1 Å². The number of ether oxygens (including phenoxy) is 2. The number of thioether (sulfide) groups is 1. The van der Waals surface area contributed by atoms with Gasteiger partial charge in [-0.2, -0.15) is 0 Å². The predicted octanol–water partition coefficient (Wildman–Crippen LogP) is 3.81. The molecule has 8 nitrogen and oxygen atoms in total. The number of hydrogen-bond donors (Lipinski definition) is 2. The van der Waals surface area contributed by atoms with Crippen molar-refractivity contribution in [1.82, 2.24) is 10.2 Å². The molecule has 1 amide bonds. The molecule has 2 aromatic carbocycles. The fourth-order valence-corrected chi connectivity index (χ4v) is 3.88. The third kappa shape index (κ3) is 5.69. The van der Waals surface area contributed by atoms with Gasteiger partial charge in [-0.15, -0.1) is 10.2 Å². The molecule has 0 radical (unpaired) electrons. The Bertz CT molecular complexity index is 992. The van der Waals surface area contributed by atoms with Crippen LogP contribution in [0.1, 0.15) is 10.4 Å². The molecular weight excluding hydrogens is 412 g/mol. The normalized spacial score (nSPS) is 10.3. The zero-order valence-electron chi connectivity index (χ0n) is 15.7. The summed E-state index contributed by atoms with van der Waals surface area (Å²) in [6, 6.07) is 14.1. The third-order valence-corrected chi connectivity index (χ3v) is 5.65. The summed E-state index contributed by atoms with van der Waals surface area (Å²) in [5, 5.41) is 14.6. The average Bonchev–Trinajstić information content (AvgIpc) is 3.20. The van der Waals surface area contributed by atoms with Crippen molar-refractivity contribution in [3.8, 4) is 5.75 Å². The van der Waals surface area contributed by atoms with Crippen LogP contribution < -0.4 is 15.4 Å². The van der Waals surface area contributed by atoms with Gasteiger partial charge in [0.05, 0.1) is 31.2 Å². The predicted molar refractivity (Wildman–Crippen MR) is 113 cm³/mol. The van der Waals surface area contributed by atoms with E-state index in [0.29, 0.717) is 20.7 Å². The number of nitrogens with one attached hydrogen (secondary N) is 2. The Hall–Kier alpha value is -3.11. The van der Waals surface area contributed by atoms with Gasteiger partial charge in [-0.1, -0.05) is 35.2 Å². The van der Waals surface area contributed by atoms with Crippen LogP contribution in [0.5, 0.6) is 5.75 Å². The third-order valence-electron chi connectivity index (χ3n) is 3.68. The highest BCUT2D eigenvalue weighted by Crippen LogP contribution is 2.28. The Balaban J connectivity index is 1.54. The maximum atomic E-state index is 12.3. The number of methoxy groups -OCH3 is 2. The molecule has 0 aliphatic heterocycles. The summed E-state index contributed by atoms with van der Waals surface area (Å²) in [7, 11) is 2.91. The lowest BCUT2D eigenvalue weighted by Crippen LogP contribution is -2.17. The van der Waals surface area contributed by atoms with Gasteiger partial charge in [-0.3, -0.25) is 4.79 Å². The van der Waals surface area contributed by atoms with Crippen LogP contribution in [-0.4, -0.2) is 42.0 Å². The monoisotopic (exact) mass is 430 g/mol. The van der Waals surface area contributed by atoms with Gasteiger partial charge in [-0.25, -0.2) is 4.79 Å². The molecule has 1 aromatic heterocycles. The summed E-state index contributed by atoms with van der Waals surface area (Å²) < 4.78 is 10.5. The van der Waals surface area contributed by atoms with E-state index in [1.165, 1.54) is 30.2 Å². The van der Waals surface area contributed by atoms with E-state index in [9.17, 15) is 9.59 Å². The second-order valence-electron chi connectivity index (χ2n) is 5.60. The Morgan fingerprint density at radius 2 is 1.83 bits per heavy atom. The van der Waals surface area contributed by atoms with Gasteiger partial charge >= 0.3 is 5.97 Å². The van der Waals surface area contributed by atoms with Crippen LogP contribution in [0.3, 0.4) is 0 Å². The molecule has 150 valence electrons. The summed E-state index contributed by atoms with van der Waals surface area (Å²) in [5.41, 5.74) is 1.56. The number of carbonyl (C=O) groups is 2. The highest BCUT2D eigenvalue weighted by Gasteiger charge is 2.14. The zero-order chi connectivity index (χ0) is 20.6. The second kappa shape index (κ2) is 9.89. The first-order chi connectivity index (χ1) is 14.1. The maximum absolute atomic E-state index is 12.3. The van der Waals surface area contributed by atoms with Crippen LogP contribution in [-0.2, 0) is 9.53 Å². The standard InChI is InChI=1S/C19H18N4O4S2/c1-26-13-9-7-12(8-10-13)20-18-22-23-19(29-18)28-11-16(24)21-15-6-4-3-5-14(15)17(25)27-2/h3-10H,11H2,1-2H3,(H,20,22)(H,21,24). The maximum Gasteiger partial charge on any atom is 0.339 e. The first-order valence-electron chi connectivity index (χ1n) is 8.43. The second-order valence-corrected chi connectivity index (χ2v) is 7.80. The first-order valence-corrected chi connectivity index (χ1v) is 10.2. The van der Waals surface area contributed by atoms with E-state index < -0.39 is 5.97 Å². The van der Waals surface area contributed by atoms with Crippen LogP contribution in [0, 0.1) is 0 Å². The number of para-hydroxylation sites is 1. The van der Waals surface area contributed by atoms with Gasteiger partial charge in [0.15, 0.2) is 4.34 Å². The fourth-order valence-electron chi connectivity index (χ4n) is 2.31. The van der Waals surface area contributed by atoms with Crippen molar-refractivity contribution in [2.24, 2.45) is 0 Å². The van der Waals surface area contributed by atoms with Crippen molar-refractivity contribution in [2.75, 3.05) is 30.6 Å². The summed E-state index contributed by atoms with van der Waals surface area (Å²) in [4.78, 5) is 24.0. The van der Waals surface area contributed by atoms with E-state index in [4.69, 9.17) is 9.47 Å². The highest BCUT2D eigenvalue weighted by atomic mass is 32.2. The van der Waals surface area contributed by atoms with E-state index in [1.54, 1.807) is 31.4 Å². The number of rotatable bonds is 8. The lowest BCUT2D eigenvalue weighted by molar-refractivity contribution is -0.113. The van der Waals surface area contributed by atoms with Crippen molar-refractivity contribution in [1.29, 1.82) is 0 Å². The number of anilines is 3. The molecule has 0 bridgehead atoms. The number of nitrogens with zero attached hydrogens (tertiary/aromatic N) is 2. The van der Waals surface area contributed by atoms with Gasteiger partial charge in [0.1, 0.15) is 5.75 Å². The SMILES string of the molecule is COC(=O)c1ccccc1NC(=O)CSc1nnc(Nc2ccc(OC)cc2)s1. The van der Waals surface area contributed by atoms with Crippen LogP contribution in [0.15, 0.2) is 52.9 Å². The number of hydrogen-bond acceptors (Lipinski definition) is 9. The lowest BCUT2D eigenvalue weighted by atomic mass is 10.2. The van der Waals surface area contributed by atoms with E-state index in [-0.39, 0.29) is 11.7 Å². The average molecular weight is 431 g/mol. The largest absolute Gasteiger partial charge is 0.497 e. The fraction of sp³-hybridized carbons (Fsp3) is 0.158. The van der Waals surface area contributed by atoms with Crippen molar-refractivity contribution in [3.63, 3.8) is 0 Å². The molecule has 0 saturated carbocycles. The molecule has 0 aliphatic rings. The summed E-state index contributed by atoms with van der Waals surface area (Å²) in [6.07, 6.45) is 0. The van der Waals surface area contributed by atoms with Crippen LogP contribution in [0.2, 0.25) is 0 Å². The molecule has 29 heavy (non-hydrogen) atoms. The molecule has 0 atom stereocenters. The Labute approximate surface area is 175 Å². The molecule has 0 aliphatic carbocycles. The summed E-state index contributed by atoms with van der Waals surface area (Å²) in [5.74, 6) is 0.133. The topological polar surface area (TPSA) is 102 Å². The number of benzene rings is 2. The minimum Gasteiger partial charge on any atom is -0.497 e. The quantitative estimate of drug-likeness (QED) is 0.411. The van der Waals surface area contributed by atoms with Gasteiger partial charge in [0.2, 0.25) is 11.0 Å². The first kappa shape index (κ1) is 20.6. The van der Waals surface area contributed by atoms with Crippen molar-refractivity contribution >= 4 is 51.5 Å². The van der Waals surface area contributed by atoms with E-state index in [1.807, 2.05) is 24.3 Å². The molecule has 10 heteroatoms. The van der Waals surface area contributed by atoms with Gasteiger partial charge in [0.25, 0.3) is 0 Å². The van der Waals surface area contributed by atoms with E-state index in [0.717, 1.165) is 11.4 Å². The molecule has 0 saturated heterocycles. The molecule has 3 rings (SSSR count). The molecular formula is C19H18N4O4S2. The lowest BCUT2D eigenvalue weighted by Gasteiger charge is -2.08. The van der Waals surface area contributed by atoms with Crippen LogP contribution in [0.4, 0.5) is 16.5 Å². The summed E-state index contributed by atoms with van der Waals surface area (Å²) in [6.45, 7) is 0. The minimum absolute atomic E-state index is 0.132. The van der Waals surface area contributed by atoms with Crippen LogP contribution >= 0.6 is 23.1 Å². The van der Waals surface area contributed by atoms with Crippen molar-refractivity contribution in [2.45, 2.75) is 4.34 Å². The number of aromatic nitrogens is 2. The number of esters is 1. The molecule has 3 aromatic rings.